The van der Waals surface area contributed by atoms with Gasteiger partial charge in [0.05, 0.1) is 29.9 Å². The third-order valence-electron chi connectivity index (χ3n) is 8.44. The fourth-order valence-corrected chi connectivity index (χ4v) is 7.48. The van der Waals surface area contributed by atoms with Gasteiger partial charge in [-0.2, -0.15) is 9.19 Å². The Balaban J connectivity index is 1.45. The number of Topliss-reactive ketones (excluding diaryl/α,β-unsaturated/α-hetero) is 1. The van der Waals surface area contributed by atoms with Gasteiger partial charge in [0.25, 0.3) is 0 Å². The topological polar surface area (TPSA) is 84.2 Å². The van der Waals surface area contributed by atoms with E-state index in [-0.39, 0.29) is 29.4 Å². The molecule has 3 aromatic rings. The van der Waals surface area contributed by atoms with Crippen molar-refractivity contribution in [2.75, 3.05) is 24.5 Å². The van der Waals surface area contributed by atoms with Crippen LogP contribution in [0.15, 0.2) is 12.1 Å². The van der Waals surface area contributed by atoms with Gasteiger partial charge in [0.15, 0.2) is 5.82 Å². The molecule has 4 heterocycles. The summed E-state index contributed by atoms with van der Waals surface area (Å²) in [7, 11) is 1.56. The molecular weight excluding hydrogens is 623 g/mol. The number of ketones is 1. The van der Waals surface area contributed by atoms with Gasteiger partial charge < -0.3 is 9.80 Å². The molecule has 2 aliphatic heterocycles. The number of anilines is 1. The number of aryl methyl sites for hydroxylation is 2. The summed E-state index contributed by atoms with van der Waals surface area (Å²) in [4.78, 5) is 40.2. The summed E-state index contributed by atoms with van der Waals surface area (Å²) in [6.07, 6.45) is 4.83. The van der Waals surface area contributed by atoms with Crippen molar-refractivity contribution in [1.29, 1.82) is 0 Å². The van der Waals surface area contributed by atoms with E-state index in [1.807, 2.05) is 15.9 Å². The van der Waals surface area contributed by atoms with Crippen LogP contribution in [-0.4, -0.2) is 55.4 Å². The molecule has 1 amide bonds. The van der Waals surface area contributed by atoms with Crippen molar-refractivity contribution in [3.8, 4) is 11.4 Å². The zero-order valence-corrected chi connectivity index (χ0v) is 26.1. The Labute approximate surface area is 246 Å². The van der Waals surface area contributed by atoms with Gasteiger partial charge in [-0.1, -0.05) is 19.9 Å². The number of benzene rings is 1. The molecule has 2 fully saturated rings. The van der Waals surface area contributed by atoms with Crippen molar-refractivity contribution < 1.29 is 9.59 Å². The maximum atomic E-state index is 13.1. The fraction of sp³-hybridized carbons (Fsp3) is 0.552. The first kappa shape index (κ1) is 27.0. The number of nitrogens with zero attached hydrogens (tertiary/aromatic N) is 6. The van der Waals surface area contributed by atoms with Gasteiger partial charge in [0.1, 0.15) is 11.6 Å². The lowest BCUT2D eigenvalue weighted by atomic mass is 9.84. The predicted molar refractivity (Wildman–Crippen MR) is 164 cm³/mol. The quantitative estimate of drug-likeness (QED) is 0.243. The number of aromatic nitrogens is 4. The summed E-state index contributed by atoms with van der Waals surface area (Å²) >= 11 is 2.26. The minimum atomic E-state index is -0.0634. The number of hydrogen-bond acceptors (Lipinski definition) is 7. The number of carbonyl (C=O) groups excluding carboxylic acids is 2. The van der Waals surface area contributed by atoms with Crippen molar-refractivity contribution in [2.24, 2.45) is 11.3 Å². The molecule has 2 aromatic heterocycles. The van der Waals surface area contributed by atoms with Crippen molar-refractivity contribution in [3.63, 3.8) is 0 Å². The van der Waals surface area contributed by atoms with Crippen LogP contribution in [0.1, 0.15) is 68.5 Å². The number of amides is 1. The van der Waals surface area contributed by atoms with Gasteiger partial charge in [-0.05, 0) is 56.6 Å². The van der Waals surface area contributed by atoms with Crippen LogP contribution in [0.3, 0.4) is 0 Å². The smallest absolute Gasteiger partial charge is 0.230 e. The fourth-order valence-electron chi connectivity index (χ4n) is 6.20. The van der Waals surface area contributed by atoms with Crippen LogP contribution < -0.4 is 4.90 Å². The Bertz CT molecular complexity index is 1480. The Morgan fingerprint density at radius 1 is 1.15 bits per heavy atom. The normalized spacial score (nSPS) is 18.9. The van der Waals surface area contributed by atoms with E-state index in [4.69, 9.17) is 15.1 Å². The van der Waals surface area contributed by atoms with E-state index in [0.29, 0.717) is 19.5 Å². The standard InChI is InChI=1S/C29H35IN6O2S/c1-17-6-9-22-26(18(2)33-36(22)39-30)25(17)27-31-21-10-13-34(24(38)14-23(37)19-7-8-19)15-20(21)28(32-27)35-12-5-11-29(3,4)16-35/h6,9,19H,5,7-8,10-16H2,1-4H3. The average Bonchev–Trinajstić information content (AvgIpc) is 3.71. The van der Waals surface area contributed by atoms with Crippen molar-refractivity contribution in [1.82, 2.24) is 24.1 Å². The molecule has 8 nitrogen and oxygen atoms in total. The minimum absolute atomic E-state index is 0.0182. The molecule has 1 aliphatic carbocycles. The SMILES string of the molecule is Cc1ccc2c(c(C)nn2SI)c1-c1nc2c(c(N3CCCC(C)(C)C3)n1)CN(C(=O)CC(=O)C1CC1)CC2. The molecule has 0 atom stereocenters. The van der Waals surface area contributed by atoms with E-state index in [1.165, 1.54) is 6.42 Å². The van der Waals surface area contributed by atoms with Gasteiger partial charge in [-0.25, -0.2) is 9.97 Å². The van der Waals surface area contributed by atoms with Gasteiger partial charge in [0, 0.05) is 78.8 Å². The molecule has 1 saturated carbocycles. The average molecular weight is 659 g/mol. The van der Waals surface area contributed by atoms with E-state index in [2.05, 4.69) is 59.0 Å². The lowest BCUT2D eigenvalue weighted by molar-refractivity contribution is -0.136. The molecule has 0 N–H and O–H groups in total. The van der Waals surface area contributed by atoms with E-state index >= 15 is 0 Å². The highest BCUT2D eigenvalue weighted by atomic mass is 127. The zero-order valence-electron chi connectivity index (χ0n) is 23.1. The number of piperidine rings is 1. The van der Waals surface area contributed by atoms with Crippen LogP contribution in [0.2, 0.25) is 0 Å². The highest BCUT2D eigenvalue weighted by Crippen LogP contribution is 2.39. The van der Waals surface area contributed by atoms with E-state index in [1.54, 1.807) is 9.12 Å². The number of hydrogen-bond donors (Lipinski definition) is 0. The summed E-state index contributed by atoms with van der Waals surface area (Å²) < 4.78 is 1.95. The zero-order chi connectivity index (χ0) is 27.5. The highest BCUT2D eigenvalue weighted by Gasteiger charge is 2.35. The molecule has 39 heavy (non-hydrogen) atoms. The third-order valence-corrected chi connectivity index (χ3v) is 9.97. The molecule has 0 unspecified atom stereocenters. The summed E-state index contributed by atoms with van der Waals surface area (Å²) in [5.41, 5.74) is 6.42. The summed E-state index contributed by atoms with van der Waals surface area (Å²) in [5.74, 6) is 1.82. The van der Waals surface area contributed by atoms with Crippen LogP contribution in [0.25, 0.3) is 22.3 Å². The molecule has 0 radical (unpaired) electrons. The molecule has 6 rings (SSSR count). The lowest BCUT2D eigenvalue weighted by Gasteiger charge is -2.41. The first-order valence-electron chi connectivity index (χ1n) is 13.9. The van der Waals surface area contributed by atoms with Gasteiger partial charge in [-0.15, -0.1) is 0 Å². The number of halogens is 1. The molecule has 1 saturated heterocycles. The van der Waals surface area contributed by atoms with Crippen LogP contribution in [0, 0.1) is 25.2 Å². The molecule has 206 valence electrons. The van der Waals surface area contributed by atoms with Crippen LogP contribution in [0.5, 0.6) is 0 Å². The van der Waals surface area contributed by atoms with E-state index in [9.17, 15) is 9.59 Å². The second-order valence-corrected chi connectivity index (χ2v) is 13.8. The number of fused-ring (bicyclic) bond motifs is 2. The van der Waals surface area contributed by atoms with Crippen LogP contribution >= 0.6 is 30.3 Å². The van der Waals surface area contributed by atoms with Crippen LogP contribution in [0.4, 0.5) is 5.82 Å². The van der Waals surface area contributed by atoms with Crippen molar-refractivity contribution in [2.45, 2.75) is 72.8 Å². The highest BCUT2D eigenvalue weighted by molar-refractivity contribution is 14.2. The monoisotopic (exact) mass is 658 g/mol. The Morgan fingerprint density at radius 2 is 1.95 bits per heavy atom. The Morgan fingerprint density at radius 3 is 2.67 bits per heavy atom. The molecule has 3 aliphatic rings. The van der Waals surface area contributed by atoms with Gasteiger partial charge in [0.2, 0.25) is 5.91 Å². The van der Waals surface area contributed by atoms with E-state index in [0.717, 1.165) is 83.0 Å². The first-order valence-corrected chi connectivity index (χ1v) is 17.2. The first-order chi connectivity index (χ1) is 18.6. The third kappa shape index (κ3) is 5.18. The van der Waals surface area contributed by atoms with E-state index < -0.39 is 0 Å². The van der Waals surface area contributed by atoms with Crippen molar-refractivity contribution in [3.05, 3.63) is 34.6 Å². The molecule has 10 heteroatoms. The second kappa shape index (κ2) is 10.3. The number of carbonyl (C=O) groups is 2. The summed E-state index contributed by atoms with van der Waals surface area (Å²) in [5, 5.41) is 5.85. The molecular formula is C29H35IN6O2S. The lowest BCUT2D eigenvalue weighted by Crippen LogP contribution is -2.43. The second-order valence-electron chi connectivity index (χ2n) is 12.1. The largest absolute Gasteiger partial charge is 0.356 e. The predicted octanol–water partition coefficient (Wildman–Crippen LogP) is 5.84. The molecule has 0 spiro atoms. The maximum Gasteiger partial charge on any atom is 0.230 e. The summed E-state index contributed by atoms with van der Waals surface area (Å²) in [6.45, 7) is 11.7. The van der Waals surface area contributed by atoms with Gasteiger partial charge >= 0.3 is 0 Å². The minimum Gasteiger partial charge on any atom is -0.356 e. The maximum absolute atomic E-state index is 13.1. The number of rotatable bonds is 6. The van der Waals surface area contributed by atoms with Gasteiger partial charge in [-0.3, -0.25) is 9.59 Å². The van der Waals surface area contributed by atoms with Crippen LogP contribution in [-0.2, 0) is 22.6 Å². The van der Waals surface area contributed by atoms with Crippen molar-refractivity contribution >= 4 is 58.7 Å². The molecule has 1 aromatic carbocycles. The summed E-state index contributed by atoms with van der Waals surface area (Å²) in [6, 6.07) is 4.25. The molecule has 0 bridgehead atoms. The Hall–Kier alpha value is -2.21. The Kier molecular flexibility index (Phi) is 7.14.